The fourth-order valence-electron chi connectivity index (χ4n) is 4.69. The monoisotopic (exact) mass is 447 g/mol. The van der Waals surface area contributed by atoms with Crippen molar-refractivity contribution in [3.05, 3.63) is 39.7 Å². The van der Waals surface area contributed by atoms with Crippen LogP contribution in [0.1, 0.15) is 58.6 Å². The SMILES string of the molecule is Cc1c(N2CC[C@@H]([C@H](C)NC(=O)OC(C)(C)C)C2)c(F)c(F)c2ccc(=O)n(C3CC3)c12. The van der Waals surface area contributed by atoms with Crippen molar-refractivity contribution in [1.29, 1.82) is 0 Å². The number of carbonyl (C=O) groups excluding carboxylic acids is 1. The zero-order chi connectivity index (χ0) is 23.4. The fourth-order valence-corrected chi connectivity index (χ4v) is 4.69. The molecule has 1 saturated heterocycles. The lowest BCUT2D eigenvalue weighted by molar-refractivity contribution is 0.0494. The predicted octanol–water partition coefficient (Wildman–Crippen LogP) is 4.66. The molecule has 2 aliphatic rings. The number of carbonyl (C=O) groups is 1. The van der Waals surface area contributed by atoms with Gasteiger partial charge in [-0.1, -0.05) is 0 Å². The van der Waals surface area contributed by atoms with Crippen molar-refractivity contribution in [3.8, 4) is 0 Å². The highest BCUT2D eigenvalue weighted by Crippen LogP contribution is 2.41. The van der Waals surface area contributed by atoms with E-state index in [2.05, 4.69) is 5.32 Å². The van der Waals surface area contributed by atoms with E-state index in [0.29, 0.717) is 24.2 Å². The molecule has 174 valence electrons. The number of ether oxygens (including phenoxy) is 1. The number of amides is 1. The second-order valence-electron chi connectivity index (χ2n) is 10.1. The number of alkyl carbamates (subject to hydrolysis) is 1. The molecular weight excluding hydrogens is 416 g/mol. The van der Waals surface area contributed by atoms with E-state index in [1.165, 1.54) is 12.1 Å². The third-order valence-corrected chi connectivity index (χ3v) is 6.38. The van der Waals surface area contributed by atoms with Crippen molar-refractivity contribution in [1.82, 2.24) is 9.88 Å². The van der Waals surface area contributed by atoms with Crippen LogP contribution in [0.2, 0.25) is 0 Å². The maximum absolute atomic E-state index is 15.2. The Balaban J connectivity index is 1.63. The first-order valence-electron chi connectivity index (χ1n) is 11.2. The third-order valence-electron chi connectivity index (χ3n) is 6.38. The van der Waals surface area contributed by atoms with Gasteiger partial charge in [-0.25, -0.2) is 13.6 Å². The van der Waals surface area contributed by atoms with Crippen molar-refractivity contribution < 1.29 is 18.3 Å². The molecular formula is C24H31F2N3O3. The first kappa shape index (κ1) is 22.6. The second-order valence-corrected chi connectivity index (χ2v) is 10.1. The number of halogens is 2. The van der Waals surface area contributed by atoms with Crippen LogP contribution in [0.25, 0.3) is 10.9 Å². The molecule has 2 aromatic rings. The van der Waals surface area contributed by atoms with Gasteiger partial charge in [0.1, 0.15) is 5.60 Å². The Morgan fingerprint density at radius 2 is 1.88 bits per heavy atom. The lowest BCUT2D eigenvalue weighted by atomic mass is 10.0. The van der Waals surface area contributed by atoms with Gasteiger partial charge < -0.3 is 19.5 Å². The number of nitrogens with one attached hydrogen (secondary N) is 1. The van der Waals surface area contributed by atoms with E-state index in [1.54, 1.807) is 32.3 Å². The summed E-state index contributed by atoms with van der Waals surface area (Å²) in [5, 5.41) is 3.00. The number of hydrogen-bond donors (Lipinski definition) is 1. The number of anilines is 1. The second kappa shape index (κ2) is 8.05. The van der Waals surface area contributed by atoms with Crippen LogP contribution in [0.5, 0.6) is 0 Å². The molecule has 32 heavy (non-hydrogen) atoms. The fraction of sp³-hybridized carbons (Fsp3) is 0.583. The van der Waals surface area contributed by atoms with Gasteiger partial charge in [0.15, 0.2) is 11.6 Å². The van der Waals surface area contributed by atoms with E-state index in [0.717, 1.165) is 19.3 Å². The van der Waals surface area contributed by atoms with Gasteiger partial charge in [-0.15, -0.1) is 0 Å². The van der Waals surface area contributed by atoms with Gasteiger partial charge in [-0.2, -0.15) is 0 Å². The number of rotatable bonds is 4. The first-order valence-corrected chi connectivity index (χ1v) is 11.2. The highest BCUT2D eigenvalue weighted by molar-refractivity contribution is 5.88. The number of nitrogens with zero attached hydrogens (tertiary/aromatic N) is 2. The number of aromatic nitrogens is 1. The standard InChI is InChI=1S/C24H31F2N3O3/c1-13-21-17(8-9-18(30)29(21)16-6-7-16)19(25)20(26)22(13)28-11-10-15(12-28)14(2)27-23(31)32-24(3,4)5/h8-9,14-16H,6-7,10-12H2,1-5H3,(H,27,31)/t14-,15+/m0/s1. The van der Waals surface area contributed by atoms with Gasteiger partial charge in [0.2, 0.25) is 0 Å². The Morgan fingerprint density at radius 3 is 2.50 bits per heavy atom. The maximum Gasteiger partial charge on any atom is 0.407 e. The molecule has 1 N–H and O–H groups in total. The van der Waals surface area contributed by atoms with Gasteiger partial charge in [0, 0.05) is 36.6 Å². The number of aryl methyl sites for hydroxylation is 1. The molecule has 1 saturated carbocycles. The highest BCUT2D eigenvalue weighted by Gasteiger charge is 2.34. The molecule has 0 unspecified atom stereocenters. The lowest BCUT2D eigenvalue weighted by Crippen LogP contribution is -2.42. The zero-order valence-corrected chi connectivity index (χ0v) is 19.3. The average Bonchev–Trinajstić information content (AvgIpc) is 3.41. The largest absolute Gasteiger partial charge is 0.444 e. The lowest BCUT2D eigenvalue weighted by Gasteiger charge is -2.27. The van der Waals surface area contributed by atoms with Crippen molar-refractivity contribution >= 4 is 22.7 Å². The van der Waals surface area contributed by atoms with Crippen molar-refractivity contribution in [2.45, 2.75) is 71.6 Å². The number of hydrogen-bond acceptors (Lipinski definition) is 4. The minimum atomic E-state index is -0.918. The van der Waals surface area contributed by atoms with Gasteiger partial charge in [0.25, 0.3) is 5.56 Å². The van der Waals surface area contributed by atoms with Crippen molar-refractivity contribution in [2.24, 2.45) is 5.92 Å². The molecule has 0 spiro atoms. The molecule has 0 bridgehead atoms. The molecule has 1 aromatic carbocycles. The summed E-state index contributed by atoms with van der Waals surface area (Å²) in [6.45, 7) is 10.1. The summed E-state index contributed by atoms with van der Waals surface area (Å²) >= 11 is 0. The Labute approximate surface area is 186 Å². The van der Waals surface area contributed by atoms with E-state index in [4.69, 9.17) is 4.74 Å². The summed E-state index contributed by atoms with van der Waals surface area (Å²) in [7, 11) is 0. The number of pyridine rings is 1. The molecule has 1 amide bonds. The van der Waals surface area contributed by atoms with Gasteiger partial charge in [-0.3, -0.25) is 4.79 Å². The van der Waals surface area contributed by atoms with E-state index in [9.17, 15) is 9.59 Å². The Morgan fingerprint density at radius 1 is 1.19 bits per heavy atom. The van der Waals surface area contributed by atoms with Crippen LogP contribution in [0.15, 0.2) is 16.9 Å². The first-order chi connectivity index (χ1) is 15.0. The summed E-state index contributed by atoms with van der Waals surface area (Å²) in [5.74, 6) is -1.75. The summed E-state index contributed by atoms with van der Waals surface area (Å²) in [6.07, 6.45) is 1.97. The van der Waals surface area contributed by atoms with Crippen molar-refractivity contribution in [2.75, 3.05) is 18.0 Å². The Kier molecular flexibility index (Phi) is 5.67. The summed E-state index contributed by atoms with van der Waals surface area (Å²) in [5.41, 5.74) is 0.497. The topological polar surface area (TPSA) is 63.6 Å². The van der Waals surface area contributed by atoms with Crippen LogP contribution in [-0.4, -0.2) is 35.4 Å². The van der Waals surface area contributed by atoms with E-state index in [-0.39, 0.29) is 34.6 Å². The summed E-state index contributed by atoms with van der Waals surface area (Å²) in [6, 6.07) is 2.56. The van der Waals surface area contributed by atoms with Crippen LogP contribution in [-0.2, 0) is 4.74 Å². The van der Waals surface area contributed by atoms with Gasteiger partial charge in [-0.05, 0) is 71.4 Å². The molecule has 8 heteroatoms. The zero-order valence-electron chi connectivity index (χ0n) is 19.3. The van der Waals surface area contributed by atoms with Crippen LogP contribution >= 0.6 is 0 Å². The smallest absolute Gasteiger partial charge is 0.407 e. The predicted molar refractivity (Wildman–Crippen MR) is 120 cm³/mol. The minimum absolute atomic E-state index is 0.0481. The van der Waals surface area contributed by atoms with E-state index >= 15 is 8.78 Å². The molecule has 4 rings (SSSR count). The van der Waals surface area contributed by atoms with Gasteiger partial charge >= 0.3 is 6.09 Å². The summed E-state index contributed by atoms with van der Waals surface area (Å²) < 4.78 is 37.3. The number of fused-ring (bicyclic) bond motifs is 1. The molecule has 2 heterocycles. The maximum atomic E-state index is 15.2. The highest BCUT2D eigenvalue weighted by atomic mass is 19.2. The molecule has 2 fully saturated rings. The third kappa shape index (κ3) is 4.19. The molecule has 1 aromatic heterocycles. The Hall–Kier alpha value is -2.64. The normalized spacial score (nSPS) is 20.0. The van der Waals surface area contributed by atoms with Crippen molar-refractivity contribution in [3.63, 3.8) is 0 Å². The Bertz CT molecular complexity index is 1120. The van der Waals surface area contributed by atoms with Crippen LogP contribution in [0.4, 0.5) is 19.3 Å². The number of benzene rings is 1. The average molecular weight is 448 g/mol. The van der Waals surface area contributed by atoms with E-state index in [1.807, 2.05) is 11.8 Å². The molecule has 1 aliphatic heterocycles. The van der Waals surface area contributed by atoms with Crippen LogP contribution in [0, 0.1) is 24.5 Å². The van der Waals surface area contributed by atoms with Crippen LogP contribution < -0.4 is 15.8 Å². The summed E-state index contributed by atoms with van der Waals surface area (Å²) in [4.78, 5) is 26.5. The van der Waals surface area contributed by atoms with Gasteiger partial charge in [0.05, 0.1) is 11.2 Å². The molecule has 2 atom stereocenters. The van der Waals surface area contributed by atoms with Crippen LogP contribution in [0.3, 0.4) is 0 Å². The van der Waals surface area contributed by atoms with E-state index < -0.39 is 23.3 Å². The quantitative estimate of drug-likeness (QED) is 0.740. The molecule has 1 aliphatic carbocycles. The minimum Gasteiger partial charge on any atom is -0.444 e. The molecule has 6 nitrogen and oxygen atoms in total. The molecule has 0 radical (unpaired) electrons.